The van der Waals surface area contributed by atoms with Crippen molar-refractivity contribution in [1.29, 1.82) is 0 Å². The summed E-state index contributed by atoms with van der Waals surface area (Å²) in [5.74, 6) is 0.345. The molecular formula is C21H28N2O4S. The Bertz CT molecular complexity index is 916. The van der Waals surface area contributed by atoms with Gasteiger partial charge in [0, 0.05) is 11.1 Å². The van der Waals surface area contributed by atoms with E-state index in [1.807, 2.05) is 27.7 Å². The van der Waals surface area contributed by atoms with Crippen LogP contribution in [0, 0.1) is 0 Å². The van der Waals surface area contributed by atoms with E-state index in [2.05, 4.69) is 5.32 Å². The van der Waals surface area contributed by atoms with E-state index in [0.717, 1.165) is 5.56 Å². The molecule has 0 radical (unpaired) electrons. The van der Waals surface area contributed by atoms with Gasteiger partial charge in [-0.1, -0.05) is 24.3 Å². The van der Waals surface area contributed by atoms with Gasteiger partial charge in [0.1, 0.15) is 5.75 Å². The van der Waals surface area contributed by atoms with Crippen molar-refractivity contribution in [2.75, 3.05) is 17.2 Å². The first-order valence-corrected chi connectivity index (χ1v) is 11.0. The molecule has 1 N–H and O–H groups in total. The second kappa shape index (κ2) is 8.65. The fourth-order valence-electron chi connectivity index (χ4n) is 2.66. The first-order valence-electron chi connectivity index (χ1n) is 9.12. The molecule has 0 fully saturated rings. The number of benzene rings is 2. The third kappa shape index (κ3) is 5.99. The SMILES string of the molecule is CCOc1ccccc1N(Cc1ccc(C(=O)NC(C)(C)C)cc1)S(C)(=O)=O. The maximum absolute atomic E-state index is 12.4. The molecule has 6 nitrogen and oxygen atoms in total. The lowest BCUT2D eigenvalue weighted by Crippen LogP contribution is -2.40. The summed E-state index contributed by atoms with van der Waals surface area (Å²) in [6.07, 6.45) is 1.17. The topological polar surface area (TPSA) is 75.7 Å². The quantitative estimate of drug-likeness (QED) is 0.765. The Labute approximate surface area is 167 Å². The number of nitrogens with zero attached hydrogens (tertiary/aromatic N) is 1. The molecular weight excluding hydrogens is 376 g/mol. The zero-order valence-electron chi connectivity index (χ0n) is 17.0. The Morgan fingerprint density at radius 2 is 1.68 bits per heavy atom. The highest BCUT2D eigenvalue weighted by Gasteiger charge is 2.22. The minimum absolute atomic E-state index is 0.143. The van der Waals surface area contributed by atoms with Crippen LogP contribution in [0.4, 0.5) is 5.69 Å². The van der Waals surface area contributed by atoms with Gasteiger partial charge >= 0.3 is 0 Å². The van der Waals surface area contributed by atoms with Crippen molar-refractivity contribution in [2.24, 2.45) is 0 Å². The second-order valence-corrected chi connectivity index (χ2v) is 9.48. The van der Waals surface area contributed by atoms with Crippen molar-refractivity contribution >= 4 is 21.6 Å². The number of hydrogen-bond donors (Lipinski definition) is 1. The summed E-state index contributed by atoms with van der Waals surface area (Å²) in [5.41, 5.74) is 1.45. The van der Waals surface area contributed by atoms with Crippen LogP contribution >= 0.6 is 0 Å². The van der Waals surface area contributed by atoms with Crippen molar-refractivity contribution in [2.45, 2.75) is 39.8 Å². The Kier molecular flexibility index (Phi) is 6.72. The lowest BCUT2D eigenvalue weighted by atomic mass is 10.1. The van der Waals surface area contributed by atoms with E-state index in [4.69, 9.17) is 4.74 Å². The van der Waals surface area contributed by atoms with Gasteiger partial charge in [-0.15, -0.1) is 0 Å². The first kappa shape index (κ1) is 21.8. The lowest BCUT2D eigenvalue weighted by Gasteiger charge is -2.25. The molecule has 0 aromatic heterocycles. The van der Waals surface area contributed by atoms with Crippen LogP contribution in [-0.2, 0) is 16.6 Å². The lowest BCUT2D eigenvalue weighted by molar-refractivity contribution is 0.0919. The number of ether oxygens (including phenoxy) is 1. The van der Waals surface area contributed by atoms with Crippen molar-refractivity contribution in [1.82, 2.24) is 5.32 Å². The van der Waals surface area contributed by atoms with Gasteiger partial charge in [0.05, 0.1) is 25.1 Å². The molecule has 28 heavy (non-hydrogen) atoms. The molecule has 0 aliphatic heterocycles. The van der Waals surface area contributed by atoms with Crippen LogP contribution in [0.1, 0.15) is 43.6 Å². The fraction of sp³-hybridized carbons (Fsp3) is 0.381. The number of para-hydroxylation sites is 2. The number of carbonyl (C=O) groups is 1. The number of carbonyl (C=O) groups excluding carboxylic acids is 1. The standard InChI is InChI=1S/C21H28N2O4S/c1-6-27-19-10-8-7-9-18(19)23(28(5,25)26)15-16-11-13-17(14-12-16)20(24)22-21(2,3)4/h7-14H,6,15H2,1-5H3,(H,22,24). The molecule has 2 rings (SSSR count). The normalized spacial score (nSPS) is 11.8. The third-order valence-electron chi connectivity index (χ3n) is 3.86. The highest BCUT2D eigenvalue weighted by Crippen LogP contribution is 2.31. The van der Waals surface area contributed by atoms with Gasteiger partial charge in [0.25, 0.3) is 5.91 Å². The molecule has 1 amide bonds. The van der Waals surface area contributed by atoms with E-state index in [1.165, 1.54) is 10.6 Å². The Morgan fingerprint density at radius 3 is 2.21 bits per heavy atom. The fourth-order valence-corrected chi connectivity index (χ4v) is 3.55. The largest absolute Gasteiger partial charge is 0.492 e. The number of rotatable bonds is 7. The van der Waals surface area contributed by atoms with Gasteiger partial charge < -0.3 is 10.1 Å². The van der Waals surface area contributed by atoms with Gasteiger partial charge in [-0.2, -0.15) is 0 Å². The van der Waals surface area contributed by atoms with Crippen LogP contribution < -0.4 is 14.4 Å². The third-order valence-corrected chi connectivity index (χ3v) is 4.99. The Hall–Kier alpha value is -2.54. The molecule has 0 saturated carbocycles. The predicted molar refractivity (Wildman–Crippen MR) is 112 cm³/mol. The molecule has 0 unspecified atom stereocenters. The molecule has 152 valence electrons. The molecule has 0 aliphatic carbocycles. The maximum atomic E-state index is 12.4. The highest BCUT2D eigenvalue weighted by molar-refractivity contribution is 7.92. The molecule has 0 saturated heterocycles. The average molecular weight is 405 g/mol. The molecule has 0 heterocycles. The molecule has 0 spiro atoms. The van der Waals surface area contributed by atoms with Gasteiger partial charge in [-0.05, 0) is 57.5 Å². The van der Waals surface area contributed by atoms with Gasteiger partial charge in [0.15, 0.2) is 0 Å². The van der Waals surface area contributed by atoms with Gasteiger partial charge in [-0.3, -0.25) is 9.10 Å². The summed E-state index contributed by atoms with van der Waals surface area (Å²) in [6, 6.07) is 14.0. The maximum Gasteiger partial charge on any atom is 0.251 e. The number of anilines is 1. The van der Waals surface area contributed by atoms with E-state index in [9.17, 15) is 13.2 Å². The summed E-state index contributed by atoms with van der Waals surface area (Å²) in [6.45, 7) is 8.18. The zero-order chi connectivity index (χ0) is 20.9. The summed E-state index contributed by atoms with van der Waals surface area (Å²) in [7, 11) is -3.53. The molecule has 2 aromatic carbocycles. The summed E-state index contributed by atoms with van der Waals surface area (Å²) in [4.78, 5) is 12.3. The van der Waals surface area contributed by atoms with E-state index in [-0.39, 0.29) is 18.0 Å². The van der Waals surface area contributed by atoms with E-state index < -0.39 is 10.0 Å². The number of sulfonamides is 1. The summed E-state index contributed by atoms with van der Waals surface area (Å²) in [5, 5.41) is 2.91. The molecule has 7 heteroatoms. The van der Waals surface area contributed by atoms with Crippen molar-refractivity contribution in [3.8, 4) is 5.75 Å². The Balaban J connectivity index is 2.29. The predicted octanol–water partition coefficient (Wildman–Crippen LogP) is 3.58. The average Bonchev–Trinajstić information content (AvgIpc) is 2.59. The van der Waals surface area contributed by atoms with E-state index >= 15 is 0 Å². The smallest absolute Gasteiger partial charge is 0.251 e. The van der Waals surface area contributed by atoms with Crippen LogP contribution in [0.15, 0.2) is 48.5 Å². The molecule has 2 aromatic rings. The van der Waals surface area contributed by atoms with E-state index in [1.54, 1.807) is 48.5 Å². The molecule has 0 atom stereocenters. The van der Waals surface area contributed by atoms with Gasteiger partial charge in [-0.25, -0.2) is 8.42 Å². The van der Waals surface area contributed by atoms with Crippen molar-refractivity contribution < 1.29 is 17.9 Å². The van der Waals surface area contributed by atoms with Crippen LogP contribution in [-0.4, -0.2) is 32.7 Å². The van der Waals surface area contributed by atoms with Crippen LogP contribution in [0.2, 0.25) is 0 Å². The summed E-state index contributed by atoms with van der Waals surface area (Å²) < 4.78 is 31.8. The minimum Gasteiger partial charge on any atom is -0.492 e. The van der Waals surface area contributed by atoms with E-state index in [0.29, 0.717) is 23.6 Å². The number of amides is 1. The minimum atomic E-state index is -3.53. The van der Waals surface area contributed by atoms with Gasteiger partial charge in [0.2, 0.25) is 10.0 Å². The second-order valence-electron chi connectivity index (χ2n) is 7.57. The zero-order valence-corrected chi connectivity index (χ0v) is 17.8. The Morgan fingerprint density at radius 1 is 1.07 bits per heavy atom. The molecule has 0 bridgehead atoms. The van der Waals surface area contributed by atoms with Crippen LogP contribution in [0.5, 0.6) is 5.75 Å². The number of hydrogen-bond acceptors (Lipinski definition) is 4. The van der Waals surface area contributed by atoms with Crippen molar-refractivity contribution in [3.63, 3.8) is 0 Å². The molecule has 0 aliphatic rings. The number of nitrogens with one attached hydrogen (secondary N) is 1. The van der Waals surface area contributed by atoms with Crippen molar-refractivity contribution in [3.05, 3.63) is 59.7 Å². The summed E-state index contributed by atoms with van der Waals surface area (Å²) >= 11 is 0. The first-order chi connectivity index (χ1) is 13.0. The van der Waals surface area contributed by atoms with Crippen LogP contribution in [0.3, 0.4) is 0 Å². The van der Waals surface area contributed by atoms with Crippen LogP contribution in [0.25, 0.3) is 0 Å². The monoisotopic (exact) mass is 404 g/mol. The highest BCUT2D eigenvalue weighted by atomic mass is 32.2.